The molecule has 0 spiro atoms. The highest BCUT2D eigenvalue weighted by molar-refractivity contribution is 5.92. The molecule has 1 saturated heterocycles. The van der Waals surface area contributed by atoms with Gasteiger partial charge in [0.1, 0.15) is 0 Å². The second kappa shape index (κ2) is 7.62. The van der Waals surface area contributed by atoms with E-state index in [0.29, 0.717) is 6.04 Å². The van der Waals surface area contributed by atoms with Crippen molar-refractivity contribution in [2.45, 2.75) is 38.1 Å². The summed E-state index contributed by atoms with van der Waals surface area (Å²) < 4.78 is 4.79. The van der Waals surface area contributed by atoms with E-state index in [1.54, 1.807) is 0 Å². The lowest BCUT2D eigenvalue weighted by molar-refractivity contribution is -0.139. The summed E-state index contributed by atoms with van der Waals surface area (Å²) in [6.45, 7) is 1.16. The molecule has 0 amide bonds. The summed E-state index contributed by atoms with van der Waals surface area (Å²) in [6, 6.07) is 10.4. The fourth-order valence-electron chi connectivity index (χ4n) is 3.53. The van der Waals surface area contributed by atoms with Crippen LogP contribution >= 0.6 is 0 Å². The first-order chi connectivity index (χ1) is 11.7. The maximum atomic E-state index is 11.7. The molecule has 1 N–H and O–H groups in total. The Labute approximate surface area is 142 Å². The molecule has 1 fully saturated rings. The van der Waals surface area contributed by atoms with Crippen LogP contribution in [-0.2, 0) is 16.0 Å². The van der Waals surface area contributed by atoms with Crippen molar-refractivity contribution < 1.29 is 14.6 Å². The molecular formula is C19H24N2O3. The fraction of sp³-hybridized carbons (Fsp3) is 0.474. The maximum absolute atomic E-state index is 11.7. The number of aliphatic hydroxyl groups is 1. The van der Waals surface area contributed by atoms with Crippen molar-refractivity contribution in [3.8, 4) is 0 Å². The van der Waals surface area contributed by atoms with Crippen LogP contribution in [0, 0.1) is 0 Å². The van der Waals surface area contributed by atoms with E-state index in [1.165, 1.54) is 13.5 Å². The normalized spacial score (nSPS) is 17.9. The number of benzene rings is 1. The van der Waals surface area contributed by atoms with Gasteiger partial charge in [-0.05, 0) is 37.8 Å². The van der Waals surface area contributed by atoms with Crippen molar-refractivity contribution in [2.75, 3.05) is 25.2 Å². The number of hydrogen-bond acceptors (Lipinski definition) is 5. The number of rotatable bonds is 5. The number of hydrogen-bond donors (Lipinski definition) is 1. The van der Waals surface area contributed by atoms with Gasteiger partial charge in [0.15, 0.2) is 0 Å². The summed E-state index contributed by atoms with van der Waals surface area (Å²) in [4.78, 5) is 18.7. The van der Waals surface area contributed by atoms with Crippen LogP contribution in [-0.4, -0.2) is 42.4 Å². The first-order valence-electron chi connectivity index (χ1n) is 8.56. The van der Waals surface area contributed by atoms with Crippen molar-refractivity contribution in [1.29, 1.82) is 0 Å². The second-order valence-corrected chi connectivity index (χ2v) is 6.26. The minimum atomic E-state index is -0.283. The van der Waals surface area contributed by atoms with Crippen LogP contribution in [0.5, 0.6) is 0 Å². The van der Waals surface area contributed by atoms with Crippen molar-refractivity contribution in [2.24, 2.45) is 0 Å². The molecule has 0 radical (unpaired) electrons. The number of carbonyl (C=O) groups is 1. The lowest BCUT2D eigenvalue weighted by Gasteiger charge is -2.38. The lowest BCUT2D eigenvalue weighted by atomic mass is 9.97. The van der Waals surface area contributed by atoms with Crippen LogP contribution in [0.3, 0.4) is 0 Å². The van der Waals surface area contributed by atoms with Crippen molar-refractivity contribution in [3.05, 3.63) is 36.0 Å². The number of fused-ring (bicyclic) bond motifs is 1. The van der Waals surface area contributed by atoms with Gasteiger partial charge in [-0.15, -0.1) is 0 Å². The topological polar surface area (TPSA) is 62.7 Å². The zero-order chi connectivity index (χ0) is 16.9. The number of aliphatic hydroxyl groups excluding tert-OH is 1. The maximum Gasteiger partial charge on any atom is 0.311 e. The molecule has 0 aliphatic carbocycles. The van der Waals surface area contributed by atoms with Crippen molar-refractivity contribution in [1.82, 2.24) is 4.98 Å². The Kier molecular flexibility index (Phi) is 5.30. The molecule has 3 rings (SSSR count). The molecule has 128 valence electrons. The third kappa shape index (κ3) is 3.51. The third-order valence-electron chi connectivity index (χ3n) is 4.70. The highest BCUT2D eigenvalue weighted by Crippen LogP contribution is 2.32. The molecule has 1 aliphatic rings. The summed E-state index contributed by atoms with van der Waals surface area (Å²) in [5.74, 6) is -0.283. The Morgan fingerprint density at radius 1 is 1.38 bits per heavy atom. The highest BCUT2D eigenvalue weighted by atomic mass is 16.5. The lowest BCUT2D eigenvalue weighted by Crippen LogP contribution is -2.40. The molecule has 5 nitrogen and oxygen atoms in total. The molecule has 0 bridgehead atoms. The predicted octanol–water partition coefficient (Wildman–Crippen LogP) is 2.69. The Hall–Kier alpha value is -2.14. The number of methoxy groups -OCH3 is 1. The predicted molar refractivity (Wildman–Crippen MR) is 94.2 cm³/mol. The van der Waals surface area contributed by atoms with Gasteiger partial charge in [-0.1, -0.05) is 18.2 Å². The van der Waals surface area contributed by atoms with Gasteiger partial charge < -0.3 is 14.7 Å². The van der Waals surface area contributed by atoms with E-state index in [2.05, 4.69) is 16.0 Å². The number of pyridine rings is 1. The van der Waals surface area contributed by atoms with E-state index in [-0.39, 0.29) is 19.0 Å². The molecule has 1 aromatic heterocycles. The summed E-state index contributed by atoms with van der Waals surface area (Å²) in [6.07, 6.45) is 4.36. The van der Waals surface area contributed by atoms with Gasteiger partial charge in [0.05, 0.1) is 24.7 Å². The van der Waals surface area contributed by atoms with Crippen LogP contribution in [0.25, 0.3) is 10.9 Å². The van der Waals surface area contributed by atoms with Crippen LogP contribution in [0.2, 0.25) is 0 Å². The minimum absolute atomic E-state index is 0.173. The third-order valence-corrected chi connectivity index (χ3v) is 4.70. The largest absolute Gasteiger partial charge is 0.469 e. The Morgan fingerprint density at radius 3 is 3.00 bits per heavy atom. The molecule has 0 saturated carbocycles. The van der Waals surface area contributed by atoms with Crippen LogP contribution < -0.4 is 4.90 Å². The number of esters is 1. The SMILES string of the molecule is COC(=O)Cc1cc(N2CCCCC2CCO)c2ccccc2n1. The molecule has 1 aromatic carbocycles. The Balaban J connectivity index is 2.05. The first-order valence-corrected chi connectivity index (χ1v) is 8.56. The van der Waals surface area contributed by atoms with Gasteiger partial charge in [-0.2, -0.15) is 0 Å². The molecule has 2 heterocycles. The number of nitrogens with zero attached hydrogens (tertiary/aromatic N) is 2. The van der Waals surface area contributed by atoms with E-state index < -0.39 is 0 Å². The van der Waals surface area contributed by atoms with Gasteiger partial charge in [0.25, 0.3) is 0 Å². The molecule has 24 heavy (non-hydrogen) atoms. The molecule has 1 atom stereocenters. The van der Waals surface area contributed by atoms with Gasteiger partial charge in [-0.25, -0.2) is 0 Å². The van der Waals surface area contributed by atoms with E-state index in [0.717, 1.165) is 48.1 Å². The molecule has 1 unspecified atom stereocenters. The number of carbonyl (C=O) groups excluding carboxylic acids is 1. The quantitative estimate of drug-likeness (QED) is 0.855. The van der Waals surface area contributed by atoms with Crippen LogP contribution in [0.1, 0.15) is 31.4 Å². The first kappa shape index (κ1) is 16.7. The van der Waals surface area contributed by atoms with E-state index in [4.69, 9.17) is 4.74 Å². The van der Waals surface area contributed by atoms with Crippen LogP contribution in [0.4, 0.5) is 5.69 Å². The average Bonchev–Trinajstić information content (AvgIpc) is 2.62. The standard InChI is InChI=1S/C19H24N2O3/c1-24-19(23)13-14-12-18(16-7-2-3-8-17(16)20-14)21-10-5-4-6-15(21)9-11-22/h2-3,7-8,12,15,22H,4-6,9-11,13H2,1H3. The fourth-order valence-corrected chi connectivity index (χ4v) is 3.53. The van der Waals surface area contributed by atoms with E-state index in [1.807, 2.05) is 24.3 Å². The zero-order valence-corrected chi connectivity index (χ0v) is 14.1. The highest BCUT2D eigenvalue weighted by Gasteiger charge is 2.24. The monoisotopic (exact) mass is 328 g/mol. The summed E-state index contributed by atoms with van der Waals surface area (Å²) in [5, 5.41) is 10.5. The summed E-state index contributed by atoms with van der Waals surface area (Å²) >= 11 is 0. The number of para-hydroxylation sites is 1. The van der Waals surface area contributed by atoms with Crippen molar-refractivity contribution >= 4 is 22.6 Å². The van der Waals surface area contributed by atoms with Gasteiger partial charge in [-0.3, -0.25) is 9.78 Å². The minimum Gasteiger partial charge on any atom is -0.469 e. The van der Waals surface area contributed by atoms with Crippen molar-refractivity contribution in [3.63, 3.8) is 0 Å². The zero-order valence-electron chi connectivity index (χ0n) is 14.1. The molecule has 1 aliphatic heterocycles. The summed E-state index contributed by atoms with van der Waals surface area (Å²) in [7, 11) is 1.40. The Bertz CT molecular complexity index is 715. The molecular weight excluding hydrogens is 304 g/mol. The van der Waals surface area contributed by atoms with Crippen LogP contribution in [0.15, 0.2) is 30.3 Å². The number of piperidine rings is 1. The number of anilines is 1. The smallest absolute Gasteiger partial charge is 0.311 e. The summed E-state index contributed by atoms with van der Waals surface area (Å²) in [5.41, 5.74) is 2.73. The van der Waals surface area contributed by atoms with E-state index >= 15 is 0 Å². The average molecular weight is 328 g/mol. The Morgan fingerprint density at radius 2 is 2.21 bits per heavy atom. The number of ether oxygens (including phenoxy) is 1. The van der Waals surface area contributed by atoms with Gasteiger partial charge in [0.2, 0.25) is 0 Å². The van der Waals surface area contributed by atoms with Gasteiger partial charge in [0, 0.05) is 30.3 Å². The molecule has 5 heteroatoms. The van der Waals surface area contributed by atoms with E-state index in [9.17, 15) is 9.90 Å². The molecule has 2 aromatic rings. The number of aromatic nitrogens is 1. The second-order valence-electron chi connectivity index (χ2n) is 6.26. The van der Waals surface area contributed by atoms with Gasteiger partial charge >= 0.3 is 5.97 Å².